The van der Waals surface area contributed by atoms with Gasteiger partial charge in [0.25, 0.3) is 0 Å². The Balaban J connectivity index is 2.58. The van der Waals surface area contributed by atoms with E-state index in [1.807, 2.05) is 12.3 Å². The Labute approximate surface area is 111 Å². The molecule has 0 aromatic carbocycles. The standard InChI is InChI=1S/C9H10N3O2.3CH3.Sn/c1-11-6-12(2,14)9(13)7-4-3-5-10-8(7)11;;;;/h4-5H,6H2,1-2H3;3*1H3;. The van der Waals surface area contributed by atoms with E-state index in [0.717, 1.165) is 0 Å². The van der Waals surface area contributed by atoms with E-state index in [4.69, 9.17) is 0 Å². The minimum absolute atomic E-state index is 0.122. The molecule has 0 fully saturated rings. The maximum atomic E-state index is 12.2. The third kappa shape index (κ3) is 2.26. The second kappa shape index (κ2) is 4.18. The molecule has 18 heavy (non-hydrogen) atoms. The van der Waals surface area contributed by atoms with E-state index in [1.54, 1.807) is 11.9 Å². The molecule has 1 aliphatic rings. The number of rotatable bonds is 1. The summed E-state index contributed by atoms with van der Waals surface area (Å²) in [6.07, 6.45) is 1.87. The third-order valence-corrected chi connectivity index (χ3v) is 8.96. The summed E-state index contributed by atoms with van der Waals surface area (Å²) in [7, 11) is 3.20. The number of hydrogen-bond acceptors (Lipinski definition) is 4. The molecule has 0 bridgehead atoms. The zero-order valence-electron chi connectivity index (χ0n) is 11.5. The van der Waals surface area contributed by atoms with Crippen LogP contribution in [-0.4, -0.2) is 54.7 Å². The zero-order chi connectivity index (χ0) is 13.7. The summed E-state index contributed by atoms with van der Waals surface area (Å²) in [6.45, 7) is 0.122. The van der Waals surface area contributed by atoms with Gasteiger partial charge in [-0.2, -0.15) is 0 Å². The molecule has 1 aliphatic heterocycles. The first kappa shape index (κ1) is 13.8. The van der Waals surface area contributed by atoms with Gasteiger partial charge in [0.2, 0.25) is 0 Å². The molecular formula is C12H19N3O2Sn. The van der Waals surface area contributed by atoms with Crippen molar-refractivity contribution in [3.8, 4) is 0 Å². The first-order chi connectivity index (χ1) is 8.13. The zero-order valence-corrected chi connectivity index (χ0v) is 14.4. The predicted octanol–water partition coefficient (Wildman–Crippen LogP) is 1.12. The summed E-state index contributed by atoms with van der Waals surface area (Å²) in [6, 6.07) is 1.89. The fourth-order valence-corrected chi connectivity index (χ4v) is 5.06. The number of anilines is 1. The van der Waals surface area contributed by atoms with Crippen molar-refractivity contribution in [2.75, 3.05) is 25.7 Å². The molecule has 1 unspecified atom stereocenters. The monoisotopic (exact) mass is 357 g/mol. The van der Waals surface area contributed by atoms with E-state index >= 15 is 0 Å². The van der Waals surface area contributed by atoms with Crippen LogP contribution in [0.3, 0.4) is 0 Å². The molecule has 6 heteroatoms. The maximum absolute atomic E-state index is 12.2. The Kier molecular flexibility index (Phi) is 3.19. The molecule has 98 valence electrons. The summed E-state index contributed by atoms with van der Waals surface area (Å²) >= 11 is -2.27. The van der Waals surface area contributed by atoms with Gasteiger partial charge in [0.05, 0.1) is 0 Å². The van der Waals surface area contributed by atoms with Gasteiger partial charge in [-0.25, -0.2) is 0 Å². The number of hydrogen-bond donors (Lipinski definition) is 0. The predicted molar refractivity (Wildman–Crippen MR) is 74.4 cm³/mol. The average molecular weight is 356 g/mol. The van der Waals surface area contributed by atoms with Crippen molar-refractivity contribution >= 4 is 33.7 Å². The third-order valence-electron chi connectivity index (χ3n) is 3.24. The van der Waals surface area contributed by atoms with Crippen LogP contribution in [0.25, 0.3) is 0 Å². The average Bonchev–Trinajstić information content (AvgIpc) is 2.23. The van der Waals surface area contributed by atoms with Gasteiger partial charge in [0.1, 0.15) is 0 Å². The molecule has 5 nitrogen and oxygen atoms in total. The van der Waals surface area contributed by atoms with Gasteiger partial charge in [-0.1, -0.05) is 0 Å². The molecule has 2 heterocycles. The van der Waals surface area contributed by atoms with E-state index in [9.17, 15) is 10.0 Å². The molecule has 0 aliphatic carbocycles. The number of aromatic nitrogens is 1. The van der Waals surface area contributed by atoms with E-state index in [2.05, 4.69) is 19.8 Å². The number of fused-ring (bicyclic) bond motifs is 1. The number of carbonyl (C=O) groups excluding carboxylic acids is 1. The fourth-order valence-electron chi connectivity index (χ4n) is 2.12. The Bertz CT molecular complexity index is 509. The van der Waals surface area contributed by atoms with E-state index < -0.39 is 23.0 Å². The summed E-state index contributed by atoms with van der Waals surface area (Å²) in [4.78, 5) is 25.1. The van der Waals surface area contributed by atoms with Crippen LogP contribution in [0.2, 0.25) is 14.8 Å². The molecular weight excluding hydrogens is 337 g/mol. The summed E-state index contributed by atoms with van der Waals surface area (Å²) in [5.74, 6) is 0.249. The van der Waals surface area contributed by atoms with Crippen molar-refractivity contribution < 1.29 is 9.44 Å². The number of hydroxylamine groups is 3. The quantitative estimate of drug-likeness (QED) is 0.430. The van der Waals surface area contributed by atoms with Crippen molar-refractivity contribution in [2.45, 2.75) is 14.8 Å². The Morgan fingerprint density at radius 1 is 1.44 bits per heavy atom. The van der Waals surface area contributed by atoms with E-state index in [1.165, 1.54) is 10.6 Å². The first-order valence-corrected chi connectivity index (χ1v) is 15.9. The van der Waals surface area contributed by atoms with Crippen LogP contribution in [0.1, 0.15) is 10.4 Å². The van der Waals surface area contributed by atoms with Crippen molar-refractivity contribution in [2.24, 2.45) is 0 Å². The van der Waals surface area contributed by atoms with Crippen LogP contribution in [-0.2, 0) is 0 Å². The van der Waals surface area contributed by atoms with Crippen LogP contribution in [0.4, 0.5) is 5.82 Å². The van der Waals surface area contributed by atoms with Crippen LogP contribution >= 0.6 is 0 Å². The molecule has 0 saturated heterocycles. The Hall–Kier alpha value is -0.661. The molecule has 0 radical (unpaired) electrons. The van der Waals surface area contributed by atoms with Gasteiger partial charge >= 0.3 is 112 Å². The number of amides is 1. The Morgan fingerprint density at radius 3 is 2.61 bits per heavy atom. The van der Waals surface area contributed by atoms with E-state index in [-0.39, 0.29) is 12.6 Å². The minimum atomic E-state index is -2.27. The number of pyridine rings is 1. The summed E-state index contributed by atoms with van der Waals surface area (Å²) < 4.78 is 0.292. The van der Waals surface area contributed by atoms with Gasteiger partial charge in [-0.15, -0.1) is 0 Å². The van der Waals surface area contributed by atoms with Crippen LogP contribution in [0, 0.1) is 5.21 Å². The summed E-state index contributed by atoms with van der Waals surface area (Å²) in [5, 5.41) is 12.1. The Morgan fingerprint density at radius 2 is 2.06 bits per heavy atom. The van der Waals surface area contributed by atoms with Gasteiger partial charge in [-0.3, -0.25) is 0 Å². The second-order valence-electron chi connectivity index (χ2n) is 6.09. The molecule has 0 spiro atoms. The van der Waals surface area contributed by atoms with Crippen molar-refractivity contribution in [3.05, 3.63) is 23.0 Å². The molecule has 0 N–H and O–H groups in total. The molecule has 1 atom stereocenters. The van der Waals surface area contributed by atoms with Crippen LogP contribution in [0.15, 0.2) is 12.3 Å². The molecule has 0 saturated carbocycles. The van der Waals surface area contributed by atoms with Gasteiger partial charge < -0.3 is 0 Å². The summed E-state index contributed by atoms with van der Waals surface area (Å²) in [5.41, 5.74) is 0.477. The normalized spacial score (nSPS) is 24.1. The number of carbonyl (C=O) groups is 1. The van der Waals surface area contributed by atoms with E-state index in [0.29, 0.717) is 11.4 Å². The molecule has 1 aromatic heterocycles. The van der Waals surface area contributed by atoms with Crippen LogP contribution in [0.5, 0.6) is 0 Å². The van der Waals surface area contributed by atoms with Crippen molar-refractivity contribution in [3.63, 3.8) is 0 Å². The second-order valence-corrected chi connectivity index (χ2v) is 20.6. The van der Waals surface area contributed by atoms with Crippen molar-refractivity contribution in [1.82, 2.24) is 4.98 Å². The van der Waals surface area contributed by atoms with Gasteiger partial charge in [-0.05, 0) is 0 Å². The topological polar surface area (TPSA) is 56.3 Å². The first-order valence-electron chi connectivity index (χ1n) is 5.96. The molecule has 2 rings (SSSR count). The van der Waals surface area contributed by atoms with Crippen LogP contribution < -0.4 is 8.48 Å². The fraction of sp³-hybridized carbons (Fsp3) is 0.500. The van der Waals surface area contributed by atoms with Crippen molar-refractivity contribution in [1.29, 1.82) is 0 Å². The van der Waals surface area contributed by atoms with Gasteiger partial charge in [0.15, 0.2) is 0 Å². The molecule has 1 aromatic rings. The number of nitrogens with zero attached hydrogens (tertiary/aromatic N) is 3. The SMILES string of the molecule is CN1C[N+](C)([O-])C(=O)c2c[c]([Sn]([CH3])([CH3])[CH3])cnc21. The molecule has 1 amide bonds. The van der Waals surface area contributed by atoms with Gasteiger partial charge in [0, 0.05) is 0 Å². The number of quaternary nitrogens is 1.